The average molecular weight is 487 g/mol. The first-order chi connectivity index (χ1) is 16.1. The van der Waals surface area contributed by atoms with Crippen LogP contribution in [0.25, 0.3) is 6.08 Å². The normalized spacial score (nSPS) is 16.3. The third-order valence-electron chi connectivity index (χ3n) is 5.45. The molecular weight excluding hydrogens is 465 g/mol. The van der Waals surface area contributed by atoms with E-state index in [4.69, 9.17) is 4.74 Å². The Bertz CT molecular complexity index is 1450. The number of thiazole rings is 1. The summed E-state index contributed by atoms with van der Waals surface area (Å²) in [5, 5.41) is 0. The van der Waals surface area contributed by atoms with Gasteiger partial charge in [-0.15, -0.1) is 0 Å². The Morgan fingerprint density at radius 2 is 1.76 bits per heavy atom. The maximum absolute atomic E-state index is 13.5. The molecule has 0 saturated carbocycles. The van der Waals surface area contributed by atoms with Gasteiger partial charge in [-0.3, -0.25) is 9.36 Å². The number of carbonyl (C=O) groups is 1. The van der Waals surface area contributed by atoms with E-state index in [1.807, 2.05) is 31.2 Å². The van der Waals surface area contributed by atoms with E-state index in [-0.39, 0.29) is 17.7 Å². The van der Waals surface area contributed by atoms with Gasteiger partial charge in [0, 0.05) is 0 Å². The fourth-order valence-electron chi connectivity index (χ4n) is 3.78. The molecule has 0 bridgehead atoms. The van der Waals surface area contributed by atoms with Crippen LogP contribution in [0.5, 0.6) is 0 Å². The first kappa shape index (κ1) is 23.7. The molecule has 0 fully saturated rings. The van der Waals surface area contributed by atoms with Gasteiger partial charge >= 0.3 is 12.1 Å². The van der Waals surface area contributed by atoms with Gasteiger partial charge in [0.05, 0.1) is 34.0 Å². The summed E-state index contributed by atoms with van der Waals surface area (Å²) in [5.74, 6) is -0.550. The Labute approximate surface area is 197 Å². The van der Waals surface area contributed by atoms with E-state index in [0.717, 1.165) is 34.6 Å². The van der Waals surface area contributed by atoms with Crippen molar-refractivity contribution in [3.63, 3.8) is 0 Å². The summed E-state index contributed by atoms with van der Waals surface area (Å²) < 4.78 is 45.6. The van der Waals surface area contributed by atoms with Crippen molar-refractivity contribution in [3.8, 4) is 0 Å². The van der Waals surface area contributed by atoms with E-state index >= 15 is 0 Å². The Morgan fingerprint density at radius 3 is 2.35 bits per heavy atom. The fraction of sp³-hybridized carbons (Fsp3) is 0.240. The second-order valence-electron chi connectivity index (χ2n) is 7.83. The van der Waals surface area contributed by atoms with Crippen molar-refractivity contribution < 1.29 is 22.7 Å². The smallest absolute Gasteiger partial charge is 0.416 e. The molecule has 176 valence electrons. The quantitative estimate of drug-likeness (QED) is 0.521. The molecule has 0 spiro atoms. The second kappa shape index (κ2) is 9.06. The highest BCUT2D eigenvalue weighted by atomic mass is 32.1. The van der Waals surface area contributed by atoms with Crippen LogP contribution in [-0.4, -0.2) is 17.1 Å². The molecule has 1 atom stereocenters. The van der Waals surface area contributed by atoms with Gasteiger partial charge in [0.15, 0.2) is 4.80 Å². The summed E-state index contributed by atoms with van der Waals surface area (Å²) >= 11 is 1.12. The minimum atomic E-state index is -4.44. The monoisotopic (exact) mass is 486 g/mol. The maximum atomic E-state index is 13.5. The Kier molecular flexibility index (Phi) is 6.31. The highest BCUT2D eigenvalue weighted by molar-refractivity contribution is 7.07. The third kappa shape index (κ3) is 4.48. The van der Waals surface area contributed by atoms with Crippen LogP contribution in [-0.2, 0) is 15.7 Å². The molecule has 1 aliphatic heterocycles. The minimum absolute atomic E-state index is 0.175. The van der Waals surface area contributed by atoms with Crippen molar-refractivity contribution in [3.05, 3.63) is 102 Å². The number of benzene rings is 2. The zero-order valence-electron chi connectivity index (χ0n) is 18.6. The molecule has 0 N–H and O–H groups in total. The summed E-state index contributed by atoms with van der Waals surface area (Å²) in [5.41, 5.74) is 1.78. The Balaban J connectivity index is 1.88. The number of aryl methyl sites for hydroxylation is 1. The lowest BCUT2D eigenvalue weighted by molar-refractivity contribution is -0.139. The number of alkyl halides is 3. The van der Waals surface area contributed by atoms with Gasteiger partial charge < -0.3 is 4.74 Å². The molecule has 2 heterocycles. The largest absolute Gasteiger partial charge is 0.463 e. The average Bonchev–Trinajstić information content (AvgIpc) is 3.08. The molecule has 0 unspecified atom stereocenters. The number of aromatic nitrogens is 1. The van der Waals surface area contributed by atoms with Gasteiger partial charge in [-0.1, -0.05) is 53.3 Å². The van der Waals surface area contributed by atoms with E-state index in [1.165, 1.54) is 22.8 Å². The number of hydrogen-bond acceptors (Lipinski definition) is 5. The topological polar surface area (TPSA) is 60.7 Å². The number of esters is 1. The van der Waals surface area contributed by atoms with Crippen molar-refractivity contribution in [1.82, 2.24) is 4.57 Å². The van der Waals surface area contributed by atoms with Crippen LogP contribution in [0.1, 0.15) is 42.1 Å². The Hall–Kier alpha value is -3.46. The zero-order chi connectivity index (χ0) is 24.6. The molecule has 0 saturated heterocycles. The van der Waals surface area contributed by atoms with Crippen LogP contribution < -0.4 is 14.9 Å². The van der Waals surface area contributed by atoms with Gasteiger partial charge in [-0.05, 0) is 50.1 Å². The van der Waals surface area contributed by atoms with Gasteiger partial charge in [-0.2, -0.15) is 13.2 Å². The van der Waals surface area contributed by atoms with Crippen LogP contribution >= 0.6 is 11.3 Å². The zero-order valence-corrected chi connectivity index (χ0v) is 19.5. The molecule has 0 amide bonds. The van der Waals surface area contributed by atoms with Crippen molar-refractivity contribution >= 4 is 23.4 Å². The molecule has 9 heteroatoms. The molecule has 2 aromatic carbocycles. The lowest BCUT2D eigenvalue weighted by atomic mass is 9.95. The third-order valence-corrected chi connectivity index (χ3v) is 6.43. The van der Waals surface area contributed by atoms with Gasteiger partial charge in [-0.25, -0.2) is 9.79 Å². The van der Waals surface area contributed by atoms with Crippen molar-refractivity contribution in [1.29, 1.82) is 0 Å². The molecule has 0 radical (unpaired) electrons. The number of ether oxygens (including phenoxy) is 1. The molecule has 1 aromatic heterocycles. The van der Waals surface area contributed by atoms with Crippen LogP contribution in [0.4, 0.5) is 13.2 Å². The minimum Gasteiger partial charge on any atom is -0.463 e. The number of nitrogens with zero attached hydrogens (tertiary/aromatic N) is 2. The number of hydrogen-bond donors (Lipinski definition) is 0. The summed E-state index contributed by atoms with van der Waals surface area (Å²) in [7, 11) is 0. The predicted octanol–water partition coefficient (Wildman–Crippen LogP) is 4.13. The fourth-order valence-corrected chi connectivity index (χ4v) is 4.82. The molecule has 3 aromatic rings. The van der Waals surface area contributed by atoms with Crippen molar-refractivity contribution in [2.24, 2.45) is 4.99 Å². The highest BCUT2D eigenvalue weighted by Crippen LogP contribution is 2.31. The molecule has 4 rings (SSSR count). The number of rotatable bonds is 4. The lowest BCUT2D eigenvalue weighted by Crippen LogP contribution is -2.39. The lowest BCUT2D eigenvalue weighted by Gasteiger charge is -2.24. The number of carbonyl (C=O) groups excluding carboxylic acids is 1. The maximum Gasteiger partial charge on any atom is 0.416 e. The van der Waals surface area contributed by atoms with Crippen molar-refractivity contribution in [2.75, 3.05) is 6.61 Å². The SMILES string of the molecule is CCOC(=O)C1=C(C)N=c2s/c(=C/c3ccc(C(F)(F)F)cc3)c(=O)n2[C@@H]1c1ccc(C)cc1. The Morgan fingerprint density at radius 1 is 1.12 bits per heavy atom. The number of fused-ring (bicyclic) bond motifs is 1. The molecular formula is C25H21F3N2O3S. The van der Waals surface area contributed by atoms with Crippen molar-refractivity contribution in [2.45, 2.75) is 33.0 Å². The number of allylic oxidation sites excluding steroid dienone is 1. The molecule has 0 aliphatic carbocycles. The van der Waals surface area contributed by atoms with Gasteiger partial charge in [0.1, 0.15) is 0 Å². The molecule has 1 aliphatic rings. The predicted molar refractivity (Wildman–Crippen MR) is 123 cm³/mol. The summed E-state index contributed by atoms with van der Waals surface area (Å²) in [6, 6.07) is 11.3. The van der Waals surface area contributed by atoms with E-state index < -0.39 is 23.8 Å². The summed E-state index contributed by atoms with van der Waals surface area (Å²) in [4.78, 5) is 31.2. The van der Waals surface area contributed by atoms with E-state index in [9.17, 15) is 22.8 Å². The van der Waals surface area contributed by atoms with Crippen LogP contribution in [0.15, 0.2) is 69.6 Å². The second-order valence-corrected chi connectivity index (χ2v) is 8.84. The van der Waals surface area contributed by atoms with E-state index in [0.29, 0.717) is 20.6 Å². The van der Waals surface area contributed by atoms with E-state index in [2.05, 4.69) is 4.99 Å². The first-order valence-electron chi connectivity index (χ1n) is 10.5. The number of halogens is 3. The molecule has 5 nitrogen and oxygen atoms in total. The molecule has 34 heavy (non-hydrogen) atoms. The highest BCUT2D eigenvalue weighted by Gasteiger charge is 2.33. The first-order valence-corrected chi connectivity index (χ1v) is 11.3. The van der Waals surface area contributed by atoms with E-state index in [1.54, 1.807) is 13.8 Å². The summed E-state index contributed by atoms with van der Waals surface area (Å²) in [6.07, 6.45) is -2.91. The van der Waals surface area contributed by atoms with Crippen LogP contribution in [0.2, 0.25) is 0 Å². The van der Waals surface area contributed by atoms with Crippen LogP contribution in [0.3, 0.4) is 0 Å². The van der Waals surface area contributed by atoms with Crippen LogP contribution in [0, 0.1) is 6.92 Å². The summed E-state index contributed by atoms with van der Waals surface area (Å²) in [6.45, 7) is 5.51. The van der Waals surface area contributed by atoms with Gasteiger partial charge in [0.25, 0.3) is 5.56 Å². The van der Waals surface area contributed by atoms with Gasteiger partial charge in [0.2, 0.25) is 0 Å². The standard InChI is InChI=1S/C25H21F3N2O3S/c1-4-33-23(32)20-15(3)29-24-30(21(20)17-9-5-14(2)6-10-17)22(31)19(34-24)13-16-7-11-18(12-8-16)25(26,27)28/h5-13,21H,4H2,1-3H3/b19-13+/t21-/m1/s1.